The van der Waals surface area contributed by atoms with E-state index in [0.29, 0.717) is 0 Å². The Bertz CT molecular complexity index is 387. The van der Waals surface area contributed by atoms with Crippen LogP contribution in [-0.2, 0) is 4.52 Å². The van der Waals surface area contributed by atoms with E-state index in [1.165, 1.54) is 167 Å². The van der Waals surface area contributed by atoms with E-state index in [1.54, 1.807) is 0 Å². The number of hydrogen-bond donors (Lipinski definition) is 2. The summed E-state index contributed by atoms with van der Waals surface area (Å²) < 4.78 is 4.60. The third-order valence-corrected chi connectivity index (χ3v) is 7.29. The second kappa shape index (κ2) is 30.9. The molecule has 0 aromatic rings. The Hall–Kier alpha value is -0.110. The first-order valence-corrected chi connectivity index (χ1v) is 16.4. The van der Waals surface area contributed by atoms with Crippen molar-refractivity contribution in [1.29, 1.82) is 0 Å². The normalized spacial score (nSPS) is 11.8. The highest BCUT2D eigenvalue weighted by Gasteiger charge is 1.97. The van der Waals surface area contributed by atoms with E-state index in [2.05, 4.69) is 11.4 Å². The van der Waals surface area contributed by atoms with Crippen molar-refractivity contribution in [3.05, 3.63) is 12.3 Å². The molecule has 0 bridgehead atoms. The van der Waals surface area contributed by atoms with Gasteiger partial charge in [-0.25, -0.2) is 0 Å². The maximum Gasteiger partial charge on any atom is 0.390 e. The summed E-state index contributed by atoms with van der Waals surface area (Å²) >= 11 is 0. The molecular weight excluding hydrogens is 439 g/mol. The van der Waals surface area contributed by atoms with Gasteiger partial charge in [0.05, 0.1) is 6.26 Å². The van der Waals surface area contributed by atoms with Crippen LogP contribution >= 0.6 is 8.60 Å². The summed E-state index contributed by atoms with van der Waals surface area (Å²) in [6.45, 7) is 2.30. The van der Waals surface area contributed by atoms with Gasteiger partial charge in [0.25, 0.3) is 0 Å². The average Bonchev–Trinajstić information content (AvgIpc) is 2.83. The van der Waals surface area contributed by atoms with Gasteiger partial charge in [0.15, 0.2) is 0 Å². The van der Waals surface area contributed by atoms with Crippen LogP contribution in [0.1, 0.15) is 180 Å². The van der Waals surface area contributed by atoms with Gasteiger partial charge in [0.1, 0.15) is 0 Å². The van der Waals surface area contributed by atoms with Crippen LogP contribution in [0.25, 0.3) is 0 Å². The molecule has 0 fully saturated rings. The van der Waals surface area contributed by atoms with Gasteiger partial charge < -0.3 is 14.3 Å². The number of hydrogen-bond acceptors (Lipinski definition) is 3. The summed E-state index contributed by atoms with van der Waals surface area (Å²) in [5.74, 6) is 0. The fraction of sp³-hybridized carbons (Fsp3) is 0.933. The second-order valence-electron chi connectivity index (χ2n) is 10.4. The van der Waals surface area contributed by atoms with Gasteiger partial charge in [-0.1, -0.05) is 167 Å². The highest BCUT2D eigenvalue weighted by atomic mass is 31.2. The van der Waals surface area contributed by atoms with Crippen LogP contribution in [0.3, 0.4) is 0 Å². The lowest BCUT2D eigenvalue weighted by Crippen LogP contribution is -1.84. The van der Waals surface area contributed by atoms with Crippen molar-refractivity contribution in [3.8, 4) is 0 Å². The van der Waals surface area contributed by atoms with Crippen molar-refractivity contribution >= 4 is 8.60 Å². The molecule has 0 amide bonds. The summed E-state index contributed by atoms with van der Waals surface area (Å²) in [4.78, 5) is 17.2. The van der Waals surface area contributed by atoms with Gasteiger partial charge in [-0.2, -0.15) is 0 Å². The van der Waals surface area contributed by atoms with E-state index < -0.39 is 8.60 Å². The molecule has 34 heavy (non-hydrogen) atoms. The van der Waals surface area contributed by atoms with E-state index in [1.807, 2.05) is 6.08 Å². The number of unbranched alkanes of at least 4 members (excludes halogenated alkanes) is 26. The second-order valence-corrected chi connectivity index (χ2v) is 11.1. The predicted molar refractivity (Wildman–Crippen MR) is 152 cm³/mol. The largest absolute Gasteiger partial charge is 0.435 e. The standard InChI is InChI=1S/C30H61O3P/c1-2-3-4-5-6-7-8-9-10-11-12-13-14-15-16-17-18-19-20-21-22-23-24-25-26-27-28-29-30-33-34(31)32/h29-32H,2-28H2,1H3. The Morgan fingerprint density at radius 1 is 0.441 bits per heavy atom. The molecular formula is C30H61O3P. The van der Waals surface area contributed by atoms with Gasteiger partial charge in [0.2, 0.25) is 0 Å². The Morgan fingerprint density at radius 2 is 0.706 bits per heavy atom. The zero-order valence-electron chi connectivity index (χ0n) is 23.0. The van der Waals surface area contributed by atoms with Crippen LogP contribution in [0.4, 0.5) is 0 Å². The van der Waals surface area contributed by atoms with Gasteiger partial charge in [-0.3, -0.25) is 0 Å². The molecule has 0 heterocycles. The maximum atomic E-state index is 8.60. The zero-order chi connectivity index (χ0) is 24.8. The molecule has 0 saturated carbocycles. The monoisotopic (exact) mass is 500 g/mol. The van der Waals surface area contributed by atoms with Crippen molar-refractivity contribution in [3.63, 3.8) is 0 Å². The molecule has 0 aliphatic heterocycles. The van der Waals surface area contributed by atoms with Crippen molar-refractivity contribution in [2.24, 2.45) is 0 Å². The molecule has 2 N–H and O–H groups in total. The van der Waals surface area contributed by atoms with Crippen LogP contribution in [0.15, 0.2) is 12.3 Å². The van der Waals surface area contributed by atoms with Gasteiger partial charge in [-0.05, 0) is 18.9 Å². The minimum Gasteiger partial charge on any atom is -0.435 e. The van der Waals surface area contributed by atoms with Crippen LogP contribution in [0.2, 0.25) is 0 Å². The molecule has 0 radical (unpaired) electrons. The van der Waals surface area contributed by atoms with Crippen LogP contribution in [0, 0.1) is 0 Å². The molecule has 0 saturated heterocycles. The van der Waals surface area contributed by atoms with Gasteiger partial charge in [0, 0.05) is 0 Å². The molecule has 0 aromatic carbocycles. The molecule has 0 aliphatic rings. The van der Waals surface area contributed by atoms with Crippen LogP contribution < -0.4 is 0 Å². The van der Waals surface area contributed by atoms with Crippen molar-refractivity contribution in [2.75, 3.05) is 0 Å². The molecule has 204 valence electrons. The van der Waals surface area contributed by atoms with E-state index in [9.17, 15) is 0 Å². The van der Waals surface area contributed by atoms with E-state index in [-0.39, 0.29) is 0 Å². The first-order chi connectivity index (χ1) is 16.8. The Morgan fingerprint density at radius 3 is 0.971 bits per heavy atom. The number of allylic oxidation sites excluding steroid dienone is 1. The highest BCUT2D eigenvalue weighted by molar-refractivity contribution is 7.39. The van der Waals surface area contributed by atoms with E-state index in [4.69, 9.17) is 9.79 Å². The van der Waals surface area contributed by atoms with E-state index in [0.717, 1.165) is 12.8 Å². The lowest BCUT2D eigenvalue weighted by Gasteiger charge is -2.04. The minimum atomic E-state index is -2.24. The molecule has 0 atom stereocenters. The lowest BCUT2D eigenvalue weighted by molar-refractivity contribution is 0.341. The fourth-order valence-electron chi connectivity index (χ4n) is 4.74. The van der Waals surface area contributed by atoms with Gasteiger partial charge >= 0.3 is 8.60 Å². The lowest BCUT2D eigenvalue weighted by atomic mass is 10.0. The molecule has 0 unspecified atom stereocenters. The molecule has 0 spiro atoms. The fourth-order valence-corrected chi connectivity index (χ4v) is 4.94. The minimum absolute atomic E-state index is 0.961. The quantitative estimate of drug-likeness (QED) is 0.0610. The molecule has 4 heteroatoms. The Labute approximate surface area is 215 Å². The number of rotatable bonds is 29. The summed E-state index contributed by atoms with van der Waals surface area (Å²) in [6.07, 6.45) is 41.2. The Kier molecular flexibility index (Phi) is 30.8. The van der Waals surface area contributed by atoms with Crippen LogP contribution in [-0.4, -0.2) is 9.79 Å². The SMILES string of the molecule is CCCCCCCCCCCCCCCCCCCCCCCCCCCCC=COP(O)O. The topological polar surface area (TPSA) is 49.7 Å². The summed E-state index contributed by atoms with van der Waals surface area (Å²) in [7, 11) is -2.24. The summed E-state index contributed by atoms with van der Waals surface area (Å²) in [6, 6.07) is 0. The van der Waals surface area contributed by atoms with E-state index >= 15 is 0 Å². The zero-order valence-corrected chi connectivity index (χ0v) is 23.9. The third-order valence-electron chi connectivity index (χ3n) is 6.98. The first kappa shape index (κ1) is 33.9. The first-order valence-electron chi connectivity index (χ1n) is 15.3. The summed E-state index contributed by atoms with van der Waals surface area (Å²) in [5, 5.41) is 0. The average molecular weight is 501 g/mol. The predicted octanol–water partition coefficient (Wildman–Crippen LogP) is 11.3. The van der Waals surface area contributed by atoms with Crippen molar-refractivity contribution in [1.82, 2.24) is 0 Å². The Balaban J connectivity index is 3.03. The van der Waals surface area contributed by atoms with Crippen molar-refractivity contribution in [2.45, 2.75) is 180 Å². The molecule has 0 aliphatic carbocycles. The van der Waals surface area contributed by atoms with Crippen LogP contribution in [0.5, 0.6) is 0 Å². The third kappa shape index (κ3) is 31.9. The van der Waals surface area contributed by atoms with Crippen molar-refractivity contribution < 1.29 is 14.3 Å². The highest BCUT2D eigenvalue weighted by Crippen LogP contribution is 2.24. The summed E-state index contributed by atoms with van der Waals surface area (Å²) in [5.41, 5.74) is 0. The molecule has 3 nitrogen and oxygen atoms in total. The van der Waals surface area contributed by atoms with Gasteiger partial charge in [-0.15, -0.1) is 0 Å². The molecule has 0 rings (SSSR count). The maximum absolute atomic E-state index is 8.60. The smallest absolute Gasteiger partial charge is 0.390 e. The molecule has 0 aromatic heterocycles.